The van der Waals surface area contributed by atoms with Crippen molar-refractivity contribution >= 4 is 23.5 Å². The summed E-state index contributed by atoms with van der Waals surface area (Å²) in [4.78, 5) is 28.8. The Morgan fingerprint density at radius 3 is 2.65 bits per heavy atom. The van der Waals surface area contributed by atoms with Crippen molar-refractivity contribution in [2.24, 2.45) is 0 Å². The molecule has 124 valence electrons. The molecule has 8 heteroatoms. The lowest BCUT2D eigenvalue weighted by Gasteiger charge is -2.19. The number of hydroxylamine groups is 2. The minimum Gasteiger partial charge on any atom is -0.445 e. The Labute approximate surface area is 137 Å². The number of carbonyl (C=O) groups excluding carboxylic acids is 2. The number of cyclic esters (lactones) is 1. The van der Waals surface area contributed by atoms with E-state index < -0.39 is 23.5 Å². The first kappa shape index (κ1) is 17.2. The molecule has 1 fully saturated rings. The summed E-state index contributed by atoms with van der Waals surface area (Å²) in [6, 6.07) is 3.79. The predicted molar refractivity (Wildman–Crippen MR) is 78.3 cm³/mol. The van der Waals surface area contributed by atoms with Crippen molar-refractivity contribution in [3.8, 4) is 0 Å². The van der Waals surface area contributed by atoms with Gasteiger partial charge in [0.1, 0.15) is 5.82 Å². The van der Waals surface area contributed by atoms with Gasteiger partial charge < -0.3 is 9.47 Å². The highest BCUT2D eigenvalue weighted by Gasteiger charge is 2.38. The summed E-state index contributed by atoms with van der Waals surface area (Å²) in [6.45, 7) is 3.06. The molecule has 1 aliphatic heterocycles. The largest absolute Gasteiger partial charge is 0.445 e. The van der Waals surface area contributed by atoms with Crippen LogP contribution in [0.4, 0.5) is 4.39 Å². The van der Waals surface area contributed by atoms with Crippen LogP contribution in [0.5, 0.6) is 0 Å². The van der Waals surface area contributed by atoms with Crippen LogP contribution in [0, 0.1) is 5.82 Å². The second-order valence-corrected chi connectivity index (χ2v) is 5.60. The molecule has 1 aliphatic rings. The Balaban J connectivity index is 2.14. The van der Waals surface area contributed by atoms with Crippen LogP contribution in [0.15, 0.2) is 30.0 Å². The van der Waals surface area contributed by atoms with Crippen LogP contribution in [0.2, 0.25) is 5.02 Å². The highest BCUT2D eigenvalue weighted by Crippen LogP contribution is 2.26. The molecule has 0 atom stereocenters. The maximum atomic E-state index is 13.0. The number of amides is 1. The van der Waals surface area contributed by atoms with Gasteiger partial charge in [-0.25, -0.2) is 14.2 Å². The zero-order valence-electron chi connectivity index (χ0n) is 12.8. The zero-order valence-corrected chi connectivity index (χ0v) is 13.5. The highest BCUT2D eigenvalue weighted by atomic mass is 35.5. The molecule has 0 aromatic heterocycles. The Hall–Kier alpha value is -2.12. The fourth-order valence-electron chi connectivity index (χ4n) is 1.91. The van der Waals surface area contributed by atoms with Gasteiger partial charge in [-0.3, -0.25) is 9.63 Å². The fourth-order valence-corrected chi connectivity index (χ4v) is 2.14. The molecule has 0 spiro atoms. The van der Waals surface area contributed by atoms with E-state index in [0.717, 1.165) is 17.2 Å². The predicted octanol–water partition coefficient (Wildman–Crippen LogP) is 2.56. The van der Waals surface area contributed by atoms with E-state index in [2.05, 4.69) is 0 Å². The van der Waals surface area contributed by atoms with Gasteiger partial charge in [0.15, 0.2) is 0 Å². The summed E-state index contributed by atoms with van der Waals surface area (Å²) in [5.74, 6) is -3.20. The highest BCUT2D eigenvalue weighted by molar-refractivity contribution is 6.31. The summed E-state index contributed by atoms with van der Waals surface area (Å²) in [5.41, 5.74) is 0.483. The minimum absolute atomic E-state index is 0.0311. The molecule has 1 aromatic rings. The first-order chi connectivity index (χ1) is 10.7. The first-order valence-electron chi connectivity index (χ1n) is 6.65. The number of hydrogen-bond donors (Lipinski definition) is 0. The molecular weight excluding hydrogens is 329 g/mol. The topological polar surface area (TPSA) is 65.1 Å². The molecule has 0 saturated carbocycles. The van der Waals surface area contributed by atoms with Gasteiger partial charge in [0, 0.05) is 18.9 Å². The molecule has 1 aromatic carbocycles. The average molecular weight is 344 g/mol. The summed E-state index contributed by atoms with van der Waals surface area (Å²) >= 11 is 5.92. The molecule has 6 nitrogen and oxygen atoms in total. The van der Waals surface area contributed by atoms with Gasteiger partial charge in [0.05, 0.1) is 19.7 Å². The van der Waals surface area contributed by atoms with Gasteiger partial charge in [0.25, 0.3) is 5.91 Å². The van der Waals surface area contributed by atoms with Crippen molar-refractivity contribution in [3.63, 3.8) is 0 Å². The second kappa shape index (κ2) is 6.55. The first-order valence-corrected chi connectivity index (χ1v) is 7.03. The summed E-state index contributed by atoms with van der Waals surface area (Å²) < 4.78 is 23.2. The van der Waals surface area contributed by atoms with Crippen molar-refractivity contribution in [1.29, 1.82) is 0 Å². The number of ether oxygens (including phenoxy) is 2. The second-order valence-electron chi connectivity index (χ2n) is 5.19. The quantitative estimate of drug-likeness (QED) is 0.477. The maximum absolute atomic E-state index is 13.0. The van der Waals surface area contributed by atoms with E-state index in [9.17, 15) is 14.0 Å². The third kappa shape index (κ3) is 4.20. The molecule has 1 saturated heterocycles. The van der Waals surface area contributed by atoms with Gasteiger partial charge >= 0.3 is 5.97 Å². The van der Waals surface area contributed by atoms with Gasteiger partial charge in [-0.15, -0.1) is 0 Å². The van der Waals surface area contributed by atoms with E-state index in [-0.39, 0.29) is 17.3 Å². The number of halogens is 2. The molecule has 23 heavy (non-hydrogen) atoms. The van der Waals surface area contributed by atoms with Crippen LogP contribution in [0.3, 0.4) is 0 Å². The fraction of sp³-hybridized carbons (Fsp3) is 0.333. The van der Waals surface area contributed by atoms with Gasteiger partial charge in [-0.05, 0) is 17.7 Å². The lowest BCUT2D eigenvalue weighted by Crippen LogP contribution is -2.28. The summed E-state index contributed by atoms with van der Waals surface area (Å²) in [6.07, 6.45) is 0.970. The van der Waals surface area contributed by atoms with Crippen LogP contribution in [0.1, 0.15) is 19.4 Å². The van der Waals surface area contributed by atoms with E-state index >= 15 is 0 Å². The number of nitrogens with zero attached hydrogens (tertiary/aromatic N) is 1. The number of benzene rings is 1. The number of esters is 1. The number of hydrogen-bond acceptors (Lipinski definition) is 5. The number of rotatable bonds is 4. The lowest BCUT2D eigenvalue weighted by molar-refractivity contribution is -0.173. The van der Waals surface area contributed by atoms with Crippen LogP contribution in [-0.2, 0) is 30.4 Å². The van der Waals surface area contributed by atoms with Gasteiger partial charge in [-0.2, -0.15) is 0 Å². The third-order valence-corrected chi connectivity index (χ3v) is 3.30. The zero-order chi connectivity index (χ0) is 17.2. The Bertz CT molecular complexity index is 674. The molecular formula is C15H15ClFNO5. The van der Waals surface area contributed by atoms with Crippen molar-refractivity contribution < 1.29 is 28.3 Å². The third-order valence-electron chi connectivity index (χ3n) is 2.95. The van der Waals surface area contributed by atoms with E-state index in [1.165, 1.54) is 19.2 Å². The van der Waals surface area contributed by atoms with Crippen molar-refractivity contribution in [2.45, 2.75) is 26.2 Å². The van der Waals surface area contributed by atoms with Crippen molar-refractivity contribution in [3.05, 3.63) is 46.4 Å². The van der Waals surface area contributed by atoms with E-state index in [0.29, 0.717) is 5.56 Å². The molecule has 0 N–H and O–H groups in total. The maximum Gasteiger partial charge on any atom is 0.377 e. The average Bonchev–Trinajstić information content (AvgIpc) is 2.70. The van der Waals surface area contributed by atoms with E-state index in [4.69, 9.17) is 25.9 Å². The van der Waals surface area contributed by atoms with Gasteiger partial charge in [-0.1, -0.05) is 17.7 Å². The van der Waals surface area contributed by atoms with E-state index in [1.54, 1.807) is 13.8 Å². The lowest BCUT2D eigenvalue weighted by atomic mass is 10.2. The molecule has 1 amide bonds. The number of carbonyl (C=O) groups is 2. The Morgan fingerprint density at radius 2 is 2.13 bits per heavy atom. The Kier molecular flexibility index (Phi) is 4.91. The SMILES string of the molecule is CON(Cc1ccc(F)cc1Cl)C(=O)/C=C1\OC(C)(C)OC1=O. The van der Waals surface area contributed by atoms with Crippen molar-refractivity contribution in [2.75, 3.05) is 7.11 Å². The smallest absolute Gasteiger partial charge is 0.377 e. The van der Waals surface area contributed by atoms with E-state index in [1.807, 2.05) is 0 Å². The minimum atomic E-state index is -1.12. The van der Waals surface area contributed by atoms with Crippen LogP contribution in [-0.4, -0.2) is 29.8 Å². The van der Waals surface area contributed by atoms with Gasteiger partial charge in [0.2, 0.25) is 11.5 Å². The summed E-state index contributed by atoms with van der Waals surface area (Å²) in [7, 11) is 1.28. The monoisotopic (exact) mass is 343 g/mol. The summed E-state index contributed by atoms with van der Waals surface area (Å²) in [5, 5.41) is 1.11. The standard InChI is InChI=1S/C15H15ClFNO5/c1-15(2)22-12(14(20)23-15)7-13(19)18(21-3)8-9-4-5-10(17)6-11(9)16/h4-7H,8H2,1-3H3/b12-7-. The molecule has 2 rings (SSSR count). The molecule has 1 heterocycles. The molecule has 0 unspecified atom stereocenters. The Morgan fingerprint density at radius 1 is 1.43 bits per heavy atom. The normalized spacial score (nSPS) is 17.8. The van der Waals surface area contributed by atoms with Crippen LogP contribution >= 0.6 is 11.6 Å². The van der Waals surface area contributed by atoms with Crippen LogP contribution in [0.25, 0.3) is 0 Å². The van der Waals surface area contributed by atoms with Crippen molar-refractivity contribution in [1.82, 2.24) is 5.06 Å². The molecule has 0 bridgehead atoms. The molecule has 0 aliphatic carbocycles. The molecule has 0 radical (unpaired) electrons. The van der Waals surface area contributed by atoms with Crippen LogP contribution < -0.4 is 0 Å².